The van der Waals surface area contributed by atoms with Crippen LogP contribution in [-0.2, 0) is 21.4 Å². The van der Waals surface area contributed by atoms with Gasteiger partial charge in [0.15, 0.2) is 0 Å². The zero-order valence-electron chi connectivity index (χ0n) is 16.9. The lowest BCUT2D eigenvalue weighted by molar-refractivity contribution is 0.0653. The number of aromatic nitrogens is 1. The van der Waals surface area contributed by atoms with Gasteiger partial charge in [-0.2, -0.15) is 0 Å². The van der Waals surface area contributed by atoms with Crippen molar-refractivity contribution in [1.82, 2.24) is 9.88 Å². The Bertz CT molecular complexity index is 872. The molecule has 2 aliphatic rings. The van der Waals surface area contributed by atoms with Crippen molar-refractivity contribution in [2.24, 2.45) is 5.92 Å². The van der Waals surface area contributed by atoms with Gasteiger partial charge in [0.05, 0.1) is 23.9 Å². The van der Waals surface area contributed by atoms with Crippen LogP contribution >= 0.6 is 22.5 Å². The van der Waals surface area contributed by atoms with Gasteiger partial charge in [-0.05, 0) is 37.0 Å². The average Bonchev–Trinajstić information content (AvgIpc) is 3.24. The summed E-state index contributed by atoms with van der Waals surface area (Å²) in [5, 5.41) is 12.1. The lowest BCUT2D eigenvalue weighted by Crippen LogP contribution is -2.36. The van der Waals surface area contributed by atoms with Gasteiger partial charge in [-0.1, -0.05) is 12.1 Å². The summed E-state index contributed by atoms with van der Waals surface area (Å²) in [6.45, 7) is 1.99. The van der Waals surface area contributed by atoms with Crippen molar-refractivity contribution in [2.75, 3.05) is 26.3 Å². The first-order chi connectivity index (χ1) is 14.9. The van der Waals surface area contributed by atoms with Gasteiger partial charge < -0.3 is 14.7 Å². The molecule has 2 fully saturated rings. The van der Waals surface area contributed by atoms with E-state index in [4.69, 9.17) is 18.2 Å². The van der Waals surface area contributed by atoms with Crippen LogP contribution in [0, 0.1) is 5.92 Å². The number of piperidine rings is 1. The van der Waals surface area contributed by atoms with Crippen molar-refractivity contribution in [3.8, 4) is 5.75 Å². The lowest BCUT2D eigenvalue weighted by atomic mass is 9.98. The van der Waals surface area contributed by atoms with Crippen molar-refractivity contribution in [3.63, 3.8) is 0 Å². The molecule has 31 heavy (non-hydrogen) atoms. The Kier molecular flexibility index (Phi) is 6.99. The molecule has 1 aromatic heterocycles. The lowest BCUT2D eigenvalue weighted by Gasteiger charge is -2.33. The van der Waals surface area contributed by atoms with Crippen LogP contribution in [-0.4, -0.2) is 56.5 Å². The van der Waals surface area contributed by atoms with Crippen molar-refractivity contribution in [2.45, 2.75) is 31.8 Å². The summed E-state index contributed by atoms with van der Waals surface area (Å²) in [5.74, 6) is 1.13. The van der Waals surface area contributed by atoms with Gasteiger partial charge in [0, 0.05) is 30.3 Å². The van der Waals surface area contributed by atoms with Crippen LogP contribution in [0.25, 0.3) is 0 Å². The Balaban J connectivity index is 1.23. The number of likely N-dealkylation sites (tertiary alicyclic amines) is 1. The molecule has 9 nitrogen and oxygen atoms in total. The van der Waals surface area contributed by atoms with E-state index in [1.54, 1.807) is 11.3 Å². The summed E-state index contributed by atoms with van der Waals surface area (Å²) in [5.41, 5.74) is 1.96. The predicted octanol–water partition coefficient (Wildman–Crippen LogP) is 4.37. The first kappa shape index (κ1) is 22.3. The standard InChI is InChI=1S/C20H26N2O7S2/c23-20(24)22-7-5-16(6-8-22)19-21-17(13-30-19)12-27-18-3-1-14(2-4-18)9-15-10-28-31(25,26)29-11-15/h1-4,13,15-16,25-26H,5-12H2,(H,23,24). The maximum absolute atomic E-state index is 11.0. The minimum absolute atomic E-state index is 0.0717. The van der Waals surface area contributed by atoms with Crippen molar-refractivity contribution in [3.05, 3.63) is 45.9 Å². The number of thiazole rings is 1. The highest BCUT2D eigenvalue weighted by Gasteiger charge is 2.29. The van der Waals surface area contributed by atoms with E-state index in [0.717, 1.165) is 34.9 Å². The Hall–Kier alpha value is -1.89. The number of rotatable bonds is 6. The largest absolute Gasteiger partial charge is 0.487 e. The SMILES string of the molecule is O=C(O)N1CCC(c2nc(COc3ccc(CC4COS(O)(O)OC4)cc3)cs2)CC1. The topological polar surface area (TPSA) is 122 Å². The third kappa shape index (κ3) is 6.09. The van der Waals surface area contributed by atoms with Crippen LogP contribution < -0.4 is 4.74 Å². The molecule has 2 aliphatic heterocycles. The third-order valence-corrected chi connectivity index (χ3v) is 7.38. The third-order valence-electron chi connectivity index (χ3n) is 5.43. The molecule has 3 N–H and O–H groups in total. The van der Waals surface area contributed by atoms with Gasteiger partial charge in [-0.15, -0.1) is 11.3 Å². The van der Waals surface area contributed by atoms with Crippen LogP contribution in [0.4, 0.5) is 4.79 Å². The summed E-state index contributed by atoms with van der Waals surface area (Å²) in [7, 11) is 0. The zero-order chi connectivity index (χ0) is 21.8. The van der Waals surface area contributed by atoms with E-state index in [0.29, 0.717) is 32.0 Å². The molecule has 0 saturated carbocycles. The van der Waals surface area contributed by atoms with Crippen LogP contribution in [0.2, 0.25) is 0 Å². The molecule has 0 unspecified atom stereocenters. The second kappa shape index (κ2) is 9.72. The van der Waals surface area contributed by atoms with Crippen molar-refractivity contribution >= 4 is 28.6 Å². The fourth-order valence-corrected chi connectivity index (χ4v) is 5.46. The van der Waals surface area contributed by atoms with E-state index in [9.17, 15) is 13.9 Å². The predicted molar refractivity (Wildman–Crippen MR) is 116 cm³/mol. The molecule has 11 heteroatoms. The summed E-state index contributed by atoms with van der Waals surface area (Å²) in [4.78, 5) is 17.2. The van der Waals surface area contributed by atoms with E-state index >= 15 is 0 Å². The van der Waals surface area contributed by atoms with E-state index < -0.39 is 17.2 Å². The molecule has 2 aromatic rings. The fraction of sp³-hybridized carbons (Fsp3) is 0.500. The Labute approximate surface area is 186 Å². The van der Waals surface area contributed by atoms with E-state index in [2.05, 4.69) is 4.98 Å². The van der Waals surface area contributed by atoms with Gasteiger partial charge in [-0.25, -0.2) is 9.78 Å². The Morgan fingerprint density at radius 3 is 2.52 bits per heavy atom. The second-order valence-corrected chi connectivity index (χ2v) is 10.00. The van der Waals surface area contributed by atoms with Crippen LogP contribution in [0.3, 0.4) is 0 Å². The van der Waals surface area contributed by atoms with Crippen molar-refractivity contribution < 1.29 is 32.1 Å². The monoisotopic (exact) mass is 470 g/mol. The average molecular weight is 471 g/mol. The van der Waals surface area contributed by atoms with Crippen LogP contribution in [0.15, 0.2) is 29.6 Å². The molecule has 0 spiro atoms. The van der Waals surface area contributed by atoms with E-state index in [1.807, 2.05) is 29.6 Å². The molecule has 0 bridgehead atoms. The normalized spacial score (nSPS) is 21.0. The number of hydrogen-bond acceptors (Lipinski definition) is 8. The molecule has 1 aromatic carbocycles. The highest BCUT2D eigenvalue weighted by molar-refractivity contribution is 8.16. The first-order valence-corrected chi connectivity index (χ1v) is 12.4. The maximum atomic E-state index is 11.0. The number of carboxylic acid groups (broad SMARTS) is 1. The summed E-state index contributed by atoms with van der Waals surface area (Å²) in [6.07, 6.45) is 1.47. The molecule has 0 aliphatic carbocycles. The number of carbonyl (C=O) groups is 1. The minimum Gasteiger partial charge on any atom is -0.487 e. The molecule has 170 valence electrons. The smallest absolute Gasteiger partial charge is 0.407 e. The van der Waals surface area contributed by atoms with E-state index in [1.165, 1.54) is 4.90 Å². The van der Waals surface area contributed by atoms with Crippen LogP contribution in [0.5, 0.6) is 5.75 Å². The molecule has 0 atom stereocenters. The number of ether oxygens (including phenoxy) is 1. The molecule has 2 saturated heterocycles. The molecule has 3 heterocycles. The Morgan fingerprint density at radius 2 is 1.87 bits per heavy atom. The van der Waals surface area contributed by atoms with E-state index in [-0.39, 0.29) is 19.1 Å². The zero-order valence-corrected chi connectivity index (χ0v) is 18.5. The summed E-state index contributed by atoms with van der Waals surface area (Å²) in [6, 6.07) is 7.76. The second-order valence-electron chi connectivity index (χ2n) is 7.74. The summed E-state index contributed by atoms with van der Waals surface area (Å²) < 4.78 is 34.3. The Morgan fingerprint density at radius 1 is 1.19 bits per heavy atom. The van der Waals surface area contributed by atoms with Gasteiger partial charge in [0.25, 0.3) is 0 Å². The first-order valence-electron chi connectivity index (χ1n) is 10.1. The number of hydrogen-bond donors (Lipinski definition) is 3. The highest BCUT2D eigenvalue weighted by Crippen LogP contribution is 2.45. The minimum atomic E-state index is -3.31. The van der Waals surface area contributed by atoms with Gasteiger partial charge in [0.1, 0.15) is 12.4 Å². The van der Waals surface area contributed by atoms with Gasteiger partial charge in [0.2, 0.25) is 11.2 Å². The molecular formula is C20H26N2O7S2. The number of amides is 1. The molecule has 4 rings (SSSR count). The van der Waals surface area contributed by atoms with Gasteiger partial charge >= 0.3 is 6.09 Å². The maximum Gasteiger partial charge on any atom is 0.407 e. The summed E-state index contributed by atoms with van der Waals surface area (Å²) >= 11 is -1.70. The van der Waals surface area contributed by atoms with Gasteiger partial charge in [-0.3, -0.25) is 17.5 Å². The van der Waals surface area contributed by atoms with Crippen LogP contribution in [0.1, 0.15) is 35.0 Å². The van der Waals surface area contributed by atoms with Crippen molar-refractivity contribution in [1.29, 1.82) is 0 Å². The quantitative estimate of drug-likeness (QED) is 0.569. The number of benzene rings is 1. The number of nitrogens with zero attached hydrogens (tertiary/aromatic N) is 2. The molecule has 1 amide bonds. The fourth-order valence-electron chi connectivity index (χ4n) is 3.68. The molecular weight excluding hydrogens is 444 g/mol. The molecule has 0 radical (unpaired) electrons. The highest BCUT2D eigenvalue weighted by atomic mass is 32.3.